The Hall–Kier alpha value is -0.540. The second kappa shape index (κ2) is 3.55. The summed E-state index contributed by atoms with van der Waals surface area (Å²) in [5, 5.41) is 9.32. The summed E-state index contributed by atoms with van der Waals surface area (Å²) in [7, 11) is 0. The molecule has 0 saturated carbocycles. The van der Waals surface area contributed by atoms with Crippen LogP contribution in [-0.4, -0.2) is 17.3 Å². The van der Waals surface area contributed by atoms with Crippen LogP contribution >= 0.6 is 15.9 Å². The van der Waals surface area contributed by atoms with Crippen LogP contribution in [0.1, 0.15) is 18.9 Å². The van der Waals surface area contributed by atoms with Crippen LogP contribution in [0.25, 0.3) is 0 Å². The van der Waals surface area contributed by atoms with Gasteiger partial charge in [-0.15, -0.1) is 0 Å². The van der Waals surface area contributed by atoms with Crippen LogP contribution in [0.3, 0.4) is 0 Å². The quantitative estimate of drug-likeness (QED) is 0.882. The normalized spacial score (nSPS) is 24.5. The van der Waals surface area contributed by atoms with E-state index in [1.807, 2.05) is 19.1 Å². The maximum Gasteiger partial charge on any atom is 0.136 e. The molecular weight excluding hydrogens is 244 g/mol. The van der Waals surface area contributed by atoms with Crippen LogP contribution in [0.2, 0.25) is 0 Å². The highest BCUT2D eigenvalue weighted by molar-refractivity contribution is 9.10. The van der Waals surface area contributed by atoms with Gasteiger partial charge in [-0.1, -0.05) is 22.9 Å². The molecule has 0 bridgehead atoms. The smallest absolute Gasteiger partial charge is 0.136 e. The predicted molar refractivity (Wildman–Crippen MR) is 58.6 cm³/mol. The average molecular weight is 257 g/mol. The van der Waals surface area contributed by atoms with E-state index in [1.165, 1.54) is 5.56 Å². The summed E-state index contributed by atoms with van der Waals surface area (Å²) in [6.07, 6.45) is 1.63. The Bertz CT molecular complexity index is 345. The highest BCUT2D eigenvalue weighted by Crippen LogP contribution is 2.37. The van der Waals surface area contributed by atoms with Crippen molar-refractivity contribution in [3.63, 3.8) is 0 Å². The zero-order valence-electron chi connectivity index (χ0n) is 8.09. The fourth-order valence-corrected chi connectivity index (χ4v) is 2.21. The molecule has 0 saturated heterocycles. The van der Waals surface area contributed by atoms with E-state index in [2.05, 4.69) is 22.0 Å². The van der Waals surface area contributed by atoms with Gasteiger partial charge >= 0.3 is 0 Å². The van der Waals surface area contributed by atoms with Crippen LogP contribution in [0.4, 0.5) is 0 Å². The summed E-state index contributed by atoms with van der Waals surface area (Å²) in [5.41, 5.74) is 0.790. The van der Waals surface area contributed by atoms with Crippen molar-refractivity contribution in [2.75, 3.05) is 6.61 Å². The topological polar surface area (TPSA) is 29.5 Å². The third-order valence-corrected chi connectivity index (χ3v) is 3.29. The Morgan fingerprint density at radius 3 is 3.00 bits per heavy atom. The standard InChI is InChI=1S/C11H13BrO2/c1-2-11(7-13)6-8-5-9(12)3-4-10(8)14-11/h3-5,13H,2,6-7H2,1H3. The second-order valence-electron chi connectivity index (χ2n) is 3.73. The van der Waals surface area contributed by atoms with Gasteiger partial charge in [0.1, 0.15) is 11.4 Å². The van der Waals surface area contributed by atoms with Gasteiger partial charge in [0.25, 0.3) is 0 Å². The van der Waals surface area contributed by atoms with Crippen molar-refractivity contribution in [1.82, 2.24) is 0 Å². The molecule has 0 radical (unpaired) electrons. The summed E-state index contributed by atoms with van der Waals surface area (Å²) in [4.78, 5) is 0. The lowest BCUT2D eigenvalue weighted by Crippen LogP contribution is -2.37. The summed E-state index contributed by atoms with van der Waals surface area (Å²) in [6, 6.07) is 5.97. The number of fused-ring (bicyclic) bond motifs is 1. The molecule has 3 heteroatoms. The minimum atomic E-state index is -0.386. The van der Waals surface area contributed by atoms with Gasteiger partial charge in [0, 0.05) is 10.9 Å². The van der Waals surface area contributed by atoms with E-state index in [0.717, 1.165) is 23.1 Å². The average Bonchev–Trinajstić information content (AvgIpc) is 2.56. The molecule has 76 valence electrons. The Kier molecular flexibility index (Phi) is 2.54. The molecule has 0 aromatic heterocycles. The highest BCUT2D eigenvalue weighted by Gasteiger charge is 2.37. The minimum Gasteiger partial charge on any atom is -0.484 e. The van der Waals surface area contributed by atoms with Crippen molar-refractivity contribution in [1.29, 1.82) is 0 Å². The molecule has 2 rings (SSSR count). The molecule has 0 fully saturated rings. The Labute approximate surface area is 92.0 Å². The number of hydrogen-bond acceptors (Lipinski definition) is 2. The van der Waals surface area contributed by atoms with Crippen LogP contribution in [0.5, 0.6) is 5.75 Å². The SMILES string of the molecule is CCC1(CO)Cc2cc(Br)ccc2O1. The zero-order valence-corrected chi connectivity index (χ0v) is 9.67. The number of aliphatic hydroxyl groups is 1. The van der Waals surface area contributed by atoms with Gasteiger partial charge in [-0.3, -0.25) is 0 Å². The lowest BCUT2D eigenvalue weighted by atomic mass is 9.95. The molecule has 0 spiro atoms. The molecule has 1 atom stereocenters. The van der Waals surface area contributed by atoms with Crippen LogP contribution < -0.4 is 4.74 Å². The summed E-state index contributed by atoms with van der Waals surface area (Å²) >= 11 is 3.43. The van der Waals surface area contributed by atoms with Crippen molar-refractivity contribution in [3.05, 3.63) is 28.2 Å². The lowest BCUT2D eigenvalue weighted by Gasteiger charge is -2.24. The Morgan fingerprint density at radius 2 is 2.36 bits per heavy atom. The van der Waals surface area contributed by atoms with E-state index in [1.54, 1.807) is 0 Å². The Morgan fingerprint density at radius 1 is 1.57 bits per heavy atom. The Balaban J connectivity index is 2.33. The van der Waals surface area contributed by atoms with Crippen molar-refractivity contribution < 1.29 is 9.84 Å². The van der Waals surface area contributed by atoms with Gasteiger partial charge in [0.05, 0.1) is 6.61 Å². The fraction of sp³-hybridized carbons (Fsp3) is 0.455. The number of benzene rings is 1. The minimum absolute atomic E-state index is 0.0792. The van der Waals surface area contributed by atoms with Crippen molar-refractivity contribution in [3.8, 4) is 5.75 Å². The first-order valence-corrected chi connectivity index (χ1v) is 5.57. The van der Waals surface area contributed by atoms with Gasteiger partial charge in [0.15, 0.2) is 0 Å². The molecule has 1 aromatic carbocycles. The molecule has 1 aromatic rings. The molecule has 1 N–H and O–H groups in total. The first-order valence-electron chi connectivity index (χ1n) is 4.77. The molecule has 14 heavy (non-hydrogen) atoms. The van der Waals surface area contributed by atoms with Gasteiger partial charge in [-0.05, 0) is 30.2 Å². The molecule has 1 aliphatic heterocycles. The van der Waals surface area contributed by atoms with Crippen LogP contribution in [0, 0.1) is 0 Å². The maximum absolute atomic E-state index is 9.32. The molecule has 0 aliphatic carbocycles. The van der Waals surface area contributed by atoms with E-state index >= 15 is 0 Å². The van der Waals surface area contributed by atoms with Crippen molar-refractivity contribution in [2.24, 2.45) is 0 Å². The highest BCUT2D eigenvalue weighted by atomic mass is 79.9. The first-order chi connectivity index (χ1) is 6.69. The number of hydrogen-bond donors (Lipinski definition) is 1. The monoisotopic (exact) mass is 256 g/mol. The largest absolute Gasteiger partial charge is 0.484 e. The number of halogens is 1. The molecule has 0 amide bonds. The third-order valence-electron chi connectivity index (χ3n) is 2.79. The van der Waals surface area contributed by atoms with E-state index < -0.39 is 0 Å². The second-order valence-corrected chi connectivity index (χ2v) is 4.64. The van der Waals surface area contributed by atoms with Crippen molar-refractivity contribution >= 4 is 15.9 Å². The van der Waals surface area contributed by atoms with Gasteiger partial charge in [-0.2, -0.15) is 0 Å². The summed E-state index contributed by atoms with van der Waals surface area (Å²) in [5.74, 6) is 0.907. The van der Waals surface area contributed by atoms with E-state index in [4.69, 9.17) is 4.74 Å². The number of rotatable bonds is 2. The van der Waals surface area contributed by atoms with Gasteiger partial charge in [-0.25, -0.2) is 0 Å². The maximum atomic E-state index is 9.32. The molecule has 1 aliphatic rings. The summed E-state index contributed by atoms with van der Waals surface area (Å²) < 4.78 is 6.84. The van der Waals surface area contributed by atoms with Crippen molar-refractivity contribution in [2.45, 2.75) is 25.4 Å². The van der Waals surface area contributed by atoms with E-state index in [-0.39, 0.29) is 12.2 Å². The van der Waals surface area contributed by atoms with Gasteiger partial charge < -0.3 is 9.84 Å². The fourth-order valence-electron chi connectivity index (χ4n) is 1.80. The predicted octanol–water partition coefficient (Wildman–Crippen LogP) is 2.53. The van der Waals surface area contributed by atoms with Gasteiger partial charge in [0.2, 0.25) is 0 Å². The van der Waals surface area contributed by atoms with E-state index in [9.17, 15) is 5.11 Å². The number of ether oxygens (including phenoxy) is 1. The van der Waals surface area contributed by atoms with Crippen LogP contribution in [-0.2, 0) is 6.42 Å². The molecule has 1 unspecified atom stereocenters. The van der Waals surface area contributed by atoms with E-state index in [0.29, 0.717) is 0 Å². The molecule has 2 nitrogen and oxygen atoms in total. The van der Waals surface area contributed by atoms with Crippen LogP contribution in [0.15, 0.2) is 22.7 Å². The molecule has 1 heterocycles. The summed E-state index contributed by atoms with van der Waals surface area (Å²) in [6.45, 7) is 2.12. The third kappa shape index (κ3) is 1.55. The number of aliphatic hydroxyl groups excluding tert-OH is 1. The first kappa shape index (κ1) is 9.99. The molecular formula is C11H13BrO2. The zero-order chi connectivity index (χ0) is 10.2. The lowest BCUT2D eigenvalue weighted by molar-refractivity contribution is 0.0249.